The summed E-state index contributed by atoms with van der Waals surface area (Å²) in [4.78, 5) is 10.6. The van der Waals surface area contributed by atoms with Crippen molar-refractivity contribution in [3.63, 3.8) is 0 Å². The Morgan fingerprint density at radius 1 is 1.09 bits per heavy atom. The predicted octanol–water partition coefficient (Wildman–Crippen LogP) is 3.95. The molecule has 0 saturated heterocycles. The summed E-state index contributed by atoms with van der Waals surface area (Å²) in [6, 6.07) is 16.2. The number of aromatic hydroxyl groups is 1. The molecule has 0 radical (unpaired) electrons. The highest BCUT2D eigenvalue weighted by molar-refractivity contribution is 7.92. The lowest BCUT2D eigenvalue weighted by atomic mass is 10.1. The first-order valence-corrected chi connectivity index (χ1v) is 10.7. The number of rotatable bonds is 8. The van der Waals surface area contributed by atoms with Gasteiger partial charge in [-0.2, -0.15) is 5.10 Å². The van der Waals surface area contributed by atoms with Gasteiger partial charge in [-0.1, -0.05) is 18.2 Å². The second kappa shape index (κ2) is 9.35. The first kappa shape index (κ1) is 22.6. The van der Waals surface area contributed by atoms with Crippen molar-refractivity contribution in [2.24, 2.45) is 5.10 Å². The minimum absolute atomic E-state index is 0.0182. The Hall–Kier alpha value is -4.12. The molecule has 166 valence electrons. The summed E-state index contributed by atoms with van der Waals surface area (Å²) in [6.07, 6.45) is 0. The van der Waals surface area contributed by atoms with Crippen molar-refractivity contribution in [1.82, 2.24) is 0 Å². The van der Waals surface area contributed by atoms with Crippen LogP contribution in [0, 0.1) is 10.1 Å². The van der Waals surface area contributed by atoms with Crippen molar-refractivity contribution in [3.05, 3.63) is 82.4 Å². The molecule has 0 aliphatic carbocycles. The molecular weight excluding hydrogens is 436 g/mol. The van der Waals surface area contributed by atoms with E-state index in [0.29, 0.717) is 22.7 Å². The number of nitrogens with one attached hydrogen (secondary N) is 2. The van der Waals surface area contributed by atoms with Gasteiger partial charge in [-0.05, 0) is 49.4 Å². The molecule has 0 fully saturated rings. The van der Waals surface area contributed by atoms with Crippen LogP contribution >= 0.6 is 0 Å². The second-order valence-corrected chi connectivity index (χ2v) is 8.28. The SMILES string of the molecule is COc1ccc(O)c(/C(C)=N/Nc2ccc(S(=O)(=O)Nc3ccccc3)cc2[N+](=O)[O-])c1. The minimum atomic E-state index is -4.04. The van der Waals surface area contributed by atoms with Gasteiger partial charge < -0.3 is 9.84 Å². The lowest BCUT2D eigenvalue weighted by Crippen LogP contribution is -2.13. The lowest BCUT2D eigenvalue weighted by molar-refractivity contribution is -0.384. The van der Waals surface area contributed by atoms with Gasteiger partial charge in [0, 0.05) is 17.3 Å². The zero-order valence-corrected chi connectivity index (χ0v) is 18.0. The number of benzene rings is 3. The van der Waals surface area contributed by atoms with Crippen LogP contribution in [0.15, 0.2) is 76.7 Å². The van der Waals surface area contributed by atoms with Crippen molar-refractivity contribution in [2.45, 2.75) is 11.8 Å². The standard InChI is InChI=1S/C21H20N4O6S/c1-14(18-12-16(31-2)8-11-21(18)26)22-23-19-10-9-17(13-20(19)25(27)28)32(29,30)24-15-6-4-3-5-7-15/h3-13,23-24,26H,1-2H3/b22-14+. The molecule has 3 N–H and O–H groups in total. The quantitative estimate of drug-likeness (QED) is 0.264. The largest absolute Gasteiger partial charge is 0.507 e. The van der Waals surface area contributed by atoms with E-state index >= 15 is 0 Å². The second-order valence-electron chi connectivity index (χ2n) is 6.60. The molecule has 0 aliphatic rings. The molecule has 3 aromatic carbocycles. The Kier molecular flexibility index (Phi) is 6.59. The summed E-state index contributed by atoms with van der Waals surface area (Å²) in [5, 5.41) is 25.7. The molecule has 0 spiro atoms. The Balaban J connectivity index is 1.90. The van der Waals surface area contributed by atoms with Crippen LogP contribution in [0.3, 0.4) is 0 Å². The lowest BCUT2D eigenvalue weighted by Gasteiger charge is -2.10. The maximum atomic E-state index is 12.6. The number of sulfonamides is 1. The number of anilines is 2. The summed E-state index contributed by atoms with van der Waals surface area (Å²) in [5.41, 5.74) is 3.09. The molecule has 3 rings (SSSR count). The maximum Gasteiger partial charge on any atom is 0.295 e. The van der Waals surface area contributed by atoms with Crippen LogP contribution in [-0.2, 0) is 10.0 Å². The highest BCUT2D eigenvalue weighted by Gasteiger charge is 2.22. The minimum Gasteiger partial charge on any atom is -0.507 e. The number of ether oxygens (including phenoxy) is 1. The Labute approximate surface area is 184 Å². The van der Waals surface area contributed by atoms with Crippen LogP contribution in [0.4, 0.5) is 17.1 Å². The molecule has 0 heterocycles. The molecule has 0 amide bonds. The van der Waals surface area contributed by atoms with Gasteiger partial charge in [0.2, 0.25) is 0 Å². The number of phenols is 1. The monoisotopic (exact) mass is 456 g/mol. The highest BCUT2D eigenvalue weighted by Crippen LogP contribution is 2.29. The first-order valence-electron chi connectivity index (χ1n) is 9.25. The van der Waals surface area contributed by atoms with Gasteiger partial charge in [-0.15, -0.1) is 0 Å². The first-order chi connectivity index (χ1) is 15.2. The normalized spacial score (nSPS) is 11.6. The fourth-order valence-electron chi connectivity index (χ4n) is 2.78. The van der Waals surface area contributed by atoms with E-state index in [0.717, 1.165) is 6.07 Å². The van der Waals surface area contributed by atoms with Gasteiger partial charge in [0.25, 0.3) is 15.7 Å². The fraction of sp³-hybridized carbons (Fsp3) is 0.0952. The van der Waals surface area contributed by atoms with Gasteiger partial charge in [-0.3, -0.25) is 20.3 Å². The summed E-state index contributed by atoms with van der Waals surface area (Å²) >= 11 is 0. The average Bonchev–Trinajstić information content (AvgIpc) is 2.78. The molecule has 0 unspecified atom stereocenters. The molecule has 0 atom stereocenters. The van der Waals surface area contributed by atoms with E-state index in [1.165, 1.54) is 25.3 Å². The Morgan fingerprint density at radius 2 is 1.81 bits per heavy atom. The topological polar surface area (TPSA) is 143 Å². The van der Waals surface area contributed by atoms with E-state index in [1.54, 1.807) is 49.4 Å². The number of methoxy groups -OCH3 is 1. The summed E-state index contributed by atoms with van der Waals surface area (Å²) in [7, 11) is -2.56. The third-order valence-electron chi connectivity index (χ3n) is 4.44. The number of nitro benzene ring substituents is 1. The molecule has 0 aromatic heterocycles. The van der Waals surface area contributed by atoms with E-state index < -0.39 is 20.6 Å². The van der Waals surface area contributed by atoms with Crippen LogP contribution in [0.5, 0.6) is 11.5 Å². The third kappa shape index (κ3) is 5.13. The van der Waals surface area contributed by atoms with Crippen LogP contribution in [0.1, 0.15) is 12.5 Å². The third-order valence-corrected chi connectivity index (χ3v) is 5.82. The number of hydrogen-bond acceptors (Lipinski definition) is 8. The number of hydrazone groups is 1. The Morgan fingerprint density at radius 3 is 2.47 bits per heavy atom. The summed E-state index contributed by atoms with van der Waals surface area (Å²) in [6.45, 7) is 1.59. The summed E-state index contributed by atoms with van der Waals surface area (Å²) < 4.78 is 32.7. The van der Waals surface area contributed by atoms with Crippen molar-refractivity contribution < 1.29 is 23.2 Å². The van der Waals surface area contributed by atoms with E-state index in [-0.39, 0.29) is 16.3 Å². The molecule has 11 heteroatoms. The van der Waals surface area contributed by atoms with Gasteiger partial charge in [0.15, 0.2) is 0 Å². The number of phenolic OH excluding ortho intramolecular Hbond substituents is 1. The fourth-order valence-corrected chi connectivity index (χ4v) is 3.86. The molecule has 0 bridgehead atoms. The number of hydrogen-bond donors (Lipinski definition) is 3. The number of para-hydroxylation sites is 1. The van der Waals surface area contributed by atoms with Crippen LogP contribution in [0.25, 0.3) is 0 Å². The van der Waals surface area contributed by atoms with Gasteiger partial charge in [0.1, 0.15) is 17.2 Å². The smallest absolute Gasteiger partial charge is 0.295 e. The summed E-state index contributed by atoms with van der Waals surface area (Å²) in [5.74, 6) is 0.454. The van der Waals surface area contributed by atoms with E-state index in [1.807, 2.05) is 0 Å². The van der Waals surface area contributed by atoms with Crippen LogP contribution in [-0.4, -0.2) is 31.3 Å². The van der Waals surface area contributed by atoms with Gasteiger partial charge in [-0.25, -0.2) is 8.42 Å². The zero-order chi connectivity index (χ0) is 23.3. The zero-order valence-electron chi connectivity index (χ0n) is 17.1. The Bertz CT molecular complexity index is 1280. The van der Waals surface area contributed by atoms with E-state index in [2.05, 4.69) is 15.2 Å². The number of nitrogens with zero attached hydrogens (tertiary/aromatic N) is 2. The average molecular weight is 456 g/mol. The van der Waals surface area contributed by atoms with Crippen molar-refractivity contribution in [1.29, 1.82) is 0 Å². The molecular formula is C21H20N4O6S. The van der Waals surface area contributed by atoms with Gasteiger partial charge >= 0.3 is 0 Å². The highest BCUT2D eigenvalue weighted by atomic mass is 32.2. The molecule has 10 nitrogen and oxygen atoms in total. The molecule has 3 aromatic rings. The molecule has 0 aliphatic heterocycles. The van der Waals surface area contributed by atoms with Crippen LogP contribution < -0.4 is 14.9 Å². The van der Waals surface area contributed by atoms with E-state index in [4.69, 9.17) is 4.74 Å². The van der Waals surface area contributed by atoms with Crippen molar-refractivity contribution >= 4 is 32.8 Å². The number of nitro groups is 1. The van der Waals surface area contributed by atoms with Crippen LogP contribution in [0.2, 0.25) is 0 Å². The van der Waals surface area contributed by atoms with Gasteiger partial charge in [0.05, 0.1) is 22.6 Å². The predicted molar refractivity (Wildman–Crippen MR) is 121 cm³/mol. The maximum absolute atomic E-state index is 12.6. The van der Waals surface area contributed by atoms with E-state index in [9.17, 15) is 23.6 Å². The van der Waals surface area contributed by atoms with Crippen molar-refractivity contribution in [2.75, 3.05) is 17.3 Å². The van der Waals surface area contributed by atoms with Crippen molar-refractivity contribution in [3.8, 4) is 11.5 Å². The molecule has 0 saturated carbocycles. The molecule has 32 heavy (non-hydrogen) atoms.